The molecular weight excluding hydrogens is 312 g/mol. The predicted octanol–water partition coefficient (Wildman–Crippen LogP) is 2.83. The molecule has 1 heterocycles. The third kappa shape index (κ3) is 6.73. The largest absolute Gasteiger partial charge is 0.374 e. The van der Waals surface area contributed by atoms with Crippen molar-refractivity contribution in [3.05, 3.63) is 40.9 Å². The molecule has 0 aliphatic carbocycles. The lowest BCUT2D eigenvalue weighted by molar-refractivity contribution is -0.117. The summed E-state index contributed by atoms with van der Waals surface area (Å²) >= 11 is 5.83. The van der Waals surface area contributed by atoms with Gasteiger partial charge in [0.2, 0.25) is 5.91 Å². The first kappa shape index (κ1) is 18.0. The van der Waals surface area contributed by atoms with Crippen LogP contribution in [-0.4, -0.2) is 49.7 Å². The van der Waals surface area contributed by atoms with Crippen LogP contribution >= 0.6 is 11.6 Å². The first-order valence-electron chi connectivity index (χ1n) is 8.08. The highest BCUT2D eigenvalue weighted by Crippen LogP contribution is 2.10. The number of nitrogens with zero attached hydrogens (tertiary/aromatic N) is 1. The highest BCUT2D eigenvalue weighted by molar-refractivity contribution is 6.30. The Morgan fingerprint density at radius 1 is 1.43 bits per heavy atom. The van der Waals surface area contributed by atoms with Gasteiger partial charge in [-0.3, -0.25) is 9.69 Å². The molecule has 126 valence electrons. The van der Waals surface area contributed by atoms with Crippen molar-refractivity contribution in [3.63, 3.8) is 0 Å². The number of hydrogen-bond donors (Lipinski definition) is 1. The number of nitrogens with one attached hydrogen (secondary N) is 1. The third-order valence-corrected chi connectivity index (χ3v) is 3.90. The van der Waals surface area contributed by atoms with Gasteiger partial charge in [0.25, 0.3) is 0 Å². The molecule has 0 bridgehead atoms. The van der Waals surface area contributed by atoms with Crippen LogP contribution in [0.15, 0.2) is 30.3 Å². The molecule has 1 fully saturated rings. The van der Waals surface area contributed by atoms with Crippen molar-refractivity contribution in [2.24, 2.45) is 5.92 Å². The molecule has 1 amide bonds. The SMILES string of the molecule is CC(C)CN1CCOC(CNC(=O)/C=C/c2ccc(Cl)cc2)C1. The fourth-order valence-corrected chi connectivity index (χ4v) is 2.73. The zero-order valence-electron chi connectivity index (χ0n) is 13.8. The van der Waals surface area contributed by atoms with Gasteiger partial charge in [0.05, 0.1) is 12.7 Å². The summed E-state index contributed by atoms with van der Waals surface area (Å²) in [5, 5.41) is 3.59. The number of benzene rings is 1. The van der Waals surface area contributed by atoms with Crippen LogP contribution in [-0.2, 0) is 9.53 Å². The minimum absolute atomic E-state index is 0.0652. The second-order valence-electron chi connectivity index (χ2n) is 6.28. The normalized spacial score (nSPS) is 19.4. The smallest absolute Gasteiger partial charge is 0.244 e. The summed E-state index contributed by atoms with van der Waals surface area (Å²) in [4.78, 5) is 14.3. The molecule has 23 heavy (non-hydrogen) atoms. The van der Waals surface area contributed by atoms with Gasteiger partial charge in [-0.1, -0.05) is 37.6 Å². The zero-order chi connectivity index (χ0) is 16.7. The van der Waals surface area contributed by atoms with E-state index in [1.165, 1.54) is 6.08 Å². The van der Waals surface area contributed by atoms with Gasteiger partial charge in [-0.25, -0.2) is 0 Å². The van der Waals surface area contributed by atoms with E-state index in [9.17, 15) is 4.79 Å². The standard InChI is InChI=1S/C18H25ClN2O2/c1-14(2)12-21-9-10-23-17(13-21)11-20-18(22)8-5-15-3-6-16(19)7-4-15/h3-8,14,17H,9-13H2,1-2H3,(H,20,22)/b8-5+. The average Bonchev–Trinajstić information content (AvgIpc) is 2.52. The van der Waals surface area contributed by atoms with Crippen molar-refractivity contribution in [1.29, 1.82) is 0 Å². The number of amides is 1. The summed E-state index contributed by atoms with van der Waals surface area (Å²) < 4.78 is 5.72. The molecule has 0 spiro atoms. The molecule has 4 nitrogen and oxygen atoms in total. The van der Waals surface area contributed by atoms with E-state index in [0.717, 1.165) is 31.8 Å². The number of morpholine rings is 1. The molecule has 0 radical (unpaired) electrons. The number of carbonyl (C=O) groups is 1. The lowest BCUT2D eigenvalue weighted by atomic mass is 10.2. The van der Waals surface area contributed by atoms with E-state index in [0.29, 0.717) is 17.5 Å². The Kier molecular flexibility index (Phi) is 7.09. The zero-order valence-corrected chi connectivity index (χ0v) is 14.6. The predicted molar refractivity (Wildman–Crippen MR) is 94.5 cm³/mol. The quantitative estimate of drug-likeness (QED) is 0.812. The highest BCUT2D eigenvalue weighted by atomic mass is 35.5. The number of halogens is 1. The fraction of sp³-hybridized carbons (Fsp3) is 0.500. The summed E-state index contributed by atoms with van der Waals surface area (Å²) in [6.07, 6.45) is 3.38. The summed E-state index contributed by atoms with van der Waals surface area (Å²) in [6, 6.07) is 7.36. The van der Waals surface area contributed by atoms with E-state index in [-0.39, 0.29) is 12.0 Å². The lowest BCUT2D eigenvalue weighted by Gasteiger charge is -2.33. The highest BCUT2D eigenvalue weighted by Gasteiger charge is 2.20. The maximum Gasteiger partial charge on any atom is 0.244 e. The summed E-state index contributed by atoms with van der Waals surface area (Å²) in [5.41, 5.74) is 0.946. The number of hydrogen-bond acceptors (Lipinski definition) is 3. The van der Waals surface area contributed by atoms with Crippen molar-refractivity contribution in [1.82, 2.24) is 10.2 Å². The molecule has 1 aliphatic rings. The van der Waals surface area contributed by atoms with Gasteiger partial charge in [0, 0.05) is 37.3 Å². The van der Waals surface area contributed by atoms with Crippen molar-refractivity contribution in [2.75, 3.05) is 32.8 Å². The first-order valence-corrected chi connectivity index (χ1v) is 8.46. The number of ether oxygens (including phenoxy) is 1. The van der Waals surface area contributed by atoms with Crippen LogP contribution in [0, 0.1) is 5.92 Å². The average molecular weight is 337 g/mol. The van der Waals surface area contributed by atoms with Crippen molar-refractivity contribution in [2.45, 2.75) is 20.0 Å². The van der Waals surface area contributed by atoms with Crippen LogP contribution in [0.1, 0.15) is 19.4 Å². The van der Waals surface area contributed by atoms with E-state index in [1.54, 1.807) is 18.2 Å². The molecule has 0 saturated carbocycles. The Balaban J connectivity index is 1.74. The molecule has 1 saturated heterocycles. The van der Waals surface area contributed by atoms with Gasteiger partial charge in [0.15, 0.2) is 0 Å². The Hall–Kier alpha value is -1.36. The van der Waals surface area contributed by atoms with E-state index in [2.05, 4.69) is 24.1 Å². The Labute approximate surface area is 143 Å². The van der Waals surface area contributed by atoms with Crippen LogP contribution < -0.4 is 5.32 Å². The molecule has 1 unspecified atom stereocenters. The fourth-order valence-electron chi connectivity index (χ4n) is 2.61. The summed E-state index contributed by atoms with van der Waals surface area (Å²) in [7, 11) is 0. The molecule has 1 aliphatic heterocycles. The van der Waals surface area contributed by atoms with Gasteiger partial charge < -0.3 is 10.1 Å². The Morgan fingerprint density at radius 2 is 2.17 bits per heavy atom. The van der Waals surface area contributed by atoms with Crippen molar-refractivity contribution >= 4 is 23.6 Å². The van der Waals surface area contributed by atoms with Gasteiger partial charge in [-0.15, -0.1) is 0 Å². The minimum Gasteiger partial charge on any atom is -0.374 e. The monoisotopic (exact) mass is 336 g/mol. The topological polar surface area (TPSA) is 41.6 Å². The molecule has 1 aromatic rings. The number of carbonyl (C=O) groups excluding carboxylic acids is 1. The van der Waals surface area contributed by atoms with Gasteiger partial charge >= 0.3 is 0 Å². The summed E-state index contributed by atoms with van der Waals surface area (Å²) in [6.45, 7) is 8.62. The molecular formula is C18H25ClN2O2. The second kappa shape index (κ2) is 9.06. The van der Waals surface area contributed by atoms with Crippen LogP contribution in [0.5, 0.6) is 0 Å². The second-order valence-corrected chi connectivity index (χ2v) is 6.71. The Morgan fingerprint density at radius 3 is 2.87 bits per heavy atom. The van der Waals surface area contributed by atoms with E-state index < -0.39 is 0 Å². The molecule has 1 aromatic carbocycles. The van der Waals surface area contributed by atoms with Gasteiger partial charge in [0.1, 0.15) is 0 Å². The molecule has 2 rings (SSSR count). The van der Waals surface area contributed by atoms with E-state index in [4.69, 9.17) is 16.3 Å². The van der Waals surface area contributed by atoms with Crippen molar-refractivity contribution in [3.8, 4) is 0 Å². The van der Waals surface area contributed by atoms with Crippen LogP contribution in [0.2, 0.25) is 5.02 Å². The Bertz CT molecular complexity index is 528. The van der Waals surface area contributed by atoms with Crippen LogP contribution in [0.4, 0.5) is 0 Å². The summed E-state index contributed by atoms with van der Waals surface area (Å²) in [5.74, 6) is 0.537. The van der Waals surface area contributed by atoms with Gasteiger partial charge in [-0.05, 0) is 29.7 Å². The lowest BCUT2D eigenvalue weighted by Crippen LogP contribution is -2.48. The number of rotatable bonds is 6. The van der Waals surface area contributed by atoms with Crippen molar-refractivity contribution < 1.29 is 9.53 Å². The maximum absolute atomic E-state index is 11.9. The third-order valence-electron chi connectivity index (χ3n) is 3.65. The first-order chi connectivity index (χ1) is 11.0. The van der Waals surface area contributed by atoms with E-state index in [1.807, 2.05) is 12.1 Å². The van der Waals surface area contributed by atoms with E-state index >= 15 is 0 Å². The van der Waals surface area contributed by atoms with Crippen LogP contribution in [0.3, 0.4) is 0 Å². The minimum atomic E-state index is -0.107. The van der Waals surface area contributed by atoms with Crippen LogP contribution in [0.25, 0.3) is 6.08 Å². The molecule has 0 aromatic heterocycles. The van der Waals surface area contributed by atoms with Gasteiger partial charge in [-0.2, -0.15) is 0 Å². The maximum atomic E-state index is 11.9. The molecule has 5 heteroatoms. The molecule has 1 atom stereocenters. The molecule has 1 N–H and O–H groups in total.